The molecule has 0 aromatic heterocycles. The van der Waals surface area contributed by atoms with Gasteiger partial charge in [-0.2, -0.15) is 0 Å². The van der Waals surface area contributed by atoms with E-state index in [2.05, 4.69) is 10.0 Å². The van der Waals surface area contributed by atoms with Gasteiger partial charge in [0, 0.05) is 6.54 Å². The molecule has 7 nitrogen and oxygen atoms in total. The first kappa shape index (κ1) is 17.9. The number of carbonyl (C=O) groups is 2. The first-order valence-corrected chi connectivity index (χ1v) is 8.78. The molecule has 0 aliphatic heterocycles. The van der Waals surface area contributed by atoms with Gasteiger partial charge in [0.05, 0.1) is 24.3 Å². The lowest BCUT2D eigenvalue weighted by molar-refractivity contribution is -0.151. The van der Waals surface area contributed by atoms with Crippen LogP contribution in [0.5, 0.6) is 0 Å². The number of sulfonamides is 1. The molecule has 0 heterocycles. The van der Waals surface area contributed by atoms with Gasteiger partial charge in [0.25, 0.3) is 0 Å². The Bertz CT molecular complexity index is 483. The highest BCUT2D eigenvalue weighted by Crippen LogP contribution is 2.40. The molecular formula is C13H24N2O5S. The van der Waals surface area contributed by atoms with E-state index < -0.39 is 27.4 Å². The van der Waals surface area contributed by atoms with Gasteiger partial charge in [-0.1, -0.05) is 12.8 Å². The Hall–Kier alpha value is -1.15. The Morgan fingerprint density at radius 3 is 2.33 bits per heavy atom. The highest BCUT2D eigenvalue weighted by Gasteiger charge is 2.46. The molecule has 0 radical (unpaired) electrons. The van der Waals surface area contributed by atoms with E-state index in [1.165, 1.54) is 14.0 Å². The monoisotopic (exact) mass is 320 g/mol. The Morgan fingerprint density at radius 1 is 1.29 bits per heavy atom. The minimum Gasteiger partial charge on any atom is -0.469 e. The smallest absolute Gasteiger partial charge is 0.312 e. The predicted molar refractivity (Wildman–Crippen MR) is 78.0 cm³/mol. The van der Waals surface area contributed by atoms with Gasteiger partial charge in [0.2, 0.25) is 15.9 Å². The molecule has 0 aromatic rings. The summed E-state index contributed by atoms with van der Waals surface area (Å²) in [6.07, 6.45) is 2.60. The van der Waals surface area contributed by atoms with Gasteiger partial charge >= 0.3 is 5.97 Å². The summed E-state index contributed by atoms with van der Waals surface area (Å²) in [5.74, 6) is -1.22. The number of esters is 1. The fourth-order valence-corrected chi connectivity index (χ4v) is 4.59. The van der Waals surface area contributed by atoms with Crippen LogP contribution in [0.15, 0.2) is 0 Å². The van der Waals surface area contributed by atoms with Crippen LogP contribution in [0, 0.1) is 5.41 Å². The van der Waals surface area contributed by atoms with Crippen molar-refractivity contribution in [1.82, 2.24) is 10.0 Å². The van der Waals surface area contributed by atoms with Crippen molar-refractivity contribution in [2.45, 2.75) is 45.6 Å². The topological polar surface area (TPSA) is 102 Å². The summed E-state index contributed by atoms with van der Waals surface area (Å²) in [5, 5.41) is 2.55. The molecule has 1 aliphatic carbocycles. The SMILES string of the molecule is CCNC(=O)[C@H](C)NS(=O)(=O)CC1(C(=O)OC)CCCC1. The van der Waals surface area contributed by atoms with Crippen LogP contribution in [0.2, 0.25) is 0 Å². The average molecular weight is 320 g/mol. The molecule has 1 aliphatic rings. The minimum absolute atomic E-state index is 0.337. The molecule has 0 aromatic carbocycles. The zero-order chi connectivity index (χ0) is 16.1. The molecule has 1 fully saturated rings. The molecule has 8 heteroatoms. The second-order valence-corrected chi connectivity index (χ2v) is 7.23. The first-order chi connectivity index (χ1) is 9.76. The molecule has 0 saturated heterocycles. The van der Waals surface area contributed by atoms with Crippen LogP contribution in [-0.2, 0) is 24.3 Å². The second-order valence-electron chi connectivity index (χ2n) is 5.47. The Kier molecular flexibility index (Phi) is 6.15. The molecule has 2 N–H and O–H groups in total. The van der Waals surface area contributed by atoms with Crippen molar-refractivity contribution >= 4 is 21.9 Å². The first-order valence-electron chi connectivity index (χ1n) is 7.12. The molecule has 0 bridgehead atoms. The van der Waals surface area contributed by atoms with Crippen molar-refractivity contribution < 1.29 is 22.7 Å². The number of hydrogen-bond acceptors (Lipinski definition) is 5. The van der Waals surface area contributed by atoms with Crippen molar-refractivity contribution in [3.8, 4) is 0 Å². The van der Waals surface area contributed by atoms with E-state index in [-0.39, 0.29) is 11.7 Å². The average Bonchev–Trinajstić information content (AvgIpc) is 2.86. The number of methoxy groups -OCH3 is 1. The van der Waals surface area contributed by atoms with Gasteiger partial charge in [-0.3, -0.25) is 9.59 Å². The number of nitrogens with one attached hydrogen (secondary N) is 2. The summed E-state index contributed by atoms with van der Waals surface area (Å²) in [7, 11) is -2.49. The summed E-state index contributed by atoms with van der Waals surface area (Å²) in [6, 6.07) is -0.869. The van der Waals surface area contributed by atoms with Gasteiger partial charge < -0.3 is 10.1 Å². The molecule has 0 unspecified atom stereocenters. The van der Waals surface area contributed by atoms with Crippen LogP contribution >= 0.6 is 0 Å². The molecule has 0 spiro atoms. The second kappa shape index (κ2) is 7.22. The molecular weight excluding hydrogens is 296 g/mol. The van der Waals surface area contributed by atoms with Crippen molar-refractivity contribution in [1.29, 1.82) is 0 Å². The number of amides is 1. The summed E-state index contributed by atoms with van der Waals surface area (Å²) >= 11 is 0. The zero-order valence-corrected chi connectivity index (χ0v) is 13.6. The van der Waals surface area contributed by atoms with E-state index in [1.807, 2.05) is 0 Å². The summed E-state index contributed by atoms with van der Waals surface area (Å²) in [4.78, 5) is 23.5. The van der Waals surface area contributed by atoms with Gasteiger partial charge in [0.1, 0.15) is 0 Å². The number of hydrogen-bond donors (Lipinski definition) is 2. The van der Waals surface area contributed by atoms with Crippen molar-refractivity contribution in [2.24, 2.45) is 5.41 Å². The van der Waals surface area contributed by atoms with Gasteiger partial charge in [-0.25, -0.2) is 13.1 Å². The lowest BCUT2D eigenvalue weighted by atomic mass is 9.89. The van der Waals surface area contributed by atoms with Crippen LogP contribution < -0.4 is 10.0 Å². The zero-order valence-electron chi connectivity index (χ0n) is 12.8. The molecule has 21 heavy (non-hydrogen) atoms. The normalized spacial score (nSPS) is 19.0. The molecule has 1 saturated carbocycles. The summed E-state index contributed by atoms with van der Waals surface area (Å²) in [6.45, 7) is 3.66. The molecule has 1 rings (SSSR count). The van der Waals surface area contributed by atoms with E-state index in [9.17, 15) is 18.0 Å². The van der Waals surface area contributed by atoms with E-state index in [0.717, 1.165) is 12.8 Å². The molecule has 122 valence electrons. The third-order valence-electron chi connectivity index (χ3n) is 3.75. The number of rotatable bonds is 7. The Morgan fingerprint density at radius 2 is 1.86 bits per heavy atom. The Labute approximate surface area is 125 Å². The van der Waals surface area contributed by atoms with Crippen molar-refractivity contribution in [2.75, 3.05) is 19.4 Å². The highest BCUT2D eigenvalue weighted by atomic mass is 32.2. The van der Waals surface area contributed by atoms with Crippen LogP contribution in [0.1, 0.15) is 39.5 Å². The Balaban J connectivity index is 2.78. The van der Waals surface area contributed by atoms with E-state index in [4.69, 9.17) is 4.74 Å². The maximum atomic E-state index is 12.2. The molecule has 1 atom stereocenters. The van der Waals surface area contributed by atoms with Gasteiger partial charge in [-0.15, -0.1) is 0 Å². The lowest BCUT2D eigenvalue weighted by Gasteiger charge is -2.26. The fourth-order valence-electron chi connectivity index (χ4n) is 2.73. The predicted octanol–water partition coefficient (Wildman–Crippen LogP) is 0.164. The standard InChI is InChI=1S/C13H24N2O5S/c1-4-14-11(16)10(2)15-21(18,19)9-13(12(17)20-3)7-5-6-8-13/h10,15H,4-9H2,1-3H3,(H,14,16)/t10-/m0/s1. The molecule has 1 amide bonds. The van der Waals surface area contributed by atoms with E-state index >= 15 is 0 Å². The summed E-state index contributed by atoms with van der Waals surface area (Å²) < 4.78 is 31.6. The van der Waals surface area contributed by atoms with E-state index in [1.54, 1.807) is 6.92 Å². The summed E-state index contributed by atoms with van der Waals surface area (Å²) in [5.41, 5.74) is -0.985. The number of carbonyl (C=O) groups excluding carboxylic acids is 2. The van der Waals surface area contributed by atoms with Crippen molar-refractivity contribution in [3.05, 3.63) is 0 Å². The number of ether oxygens (including phenoxy) is 1. The quantitative estimate of drug-likeness (QED) is 0.651. The minimum atomic E-state index is -3.75. The van der Waals surface area contributed by atoms with E-state index in [0.29, 0.717) is 19.4 Å². The third-order valence-corrected chi connectivity index (χ3v) is 5.39. The lowest BCUT2D eigenvalue weighted by Crippen LogP contribution is -2.48. The van der Waals surface area contributed by atoms with Gasteiger partial charge in [0.15, 0.2) is 0 Å². The third kappa shape index (κ3) is 4.67. The number of likely N-dealkylation sites (N-methyl/N-ethyl adjacent to an activating group) is 1. The largest absolute Gasteiger partial charge is 0.469 e. The fraction of sp³-hybridized carbons (Fsp3) is 0.846. The van der Waals surface area contributed by atoms with Crippen LogP contribution in [0.25, 0.3) is 0 Å². The maximum Gasteiger partial charge on any atom is 0.312 e. The maximum absolute atomic E-state index is 12.2. The van der Waals surface area contributed by atoms with Crippen LogP contribution in [-0.4, -0.2) is 45.7 Å². The van der Waals surface area contributed by atoms with Crippen molar-refractivity contribution in [3.63, 3.8) is 0 Å². The van der Waals surface area contributed by atoms with Crippen LogP contribution in [0.4, 0.5) is 0 Å². The highest BCUT2D eigenvalue weighted by molar-refractivity contribution is 7.89. The van der Waals surface area contributed by atoms with Gasteiger partial charge in [-0.05, 0) is 26.7 Å². The van der Waals surface area contributed by atoms with Crippen LogP contribution in [0.3, 0.4) is 0 Å².